The Labute approximate surface area is 177 Å². The average molecular weight is 424 g/mol. The molecule has 0 spiro atoms. The highest BCUT2D eigenvalue weighted by Crippen LogP contribution is 2.28. The largest absolute Gasteiger partial charge is 0.493 e. The van der Waals surface area contributed by atoms with Crippen molar-refractivity contribution >= 4 is 29.4 Å². The zero-order valence-corrected chi connectivity index (χ0v) is 17.3. The molecule has 0 aliphatic carbocycles. The summed E-state index contributed by atoms with van der Waals surface area (Å²) in [5.41, 5.74) is 4.60. The number of hydrogen-bond donors (Lipinski definition) is 1. The second-order valence-electron chi connectivity index (χ2n) is 6.06. The van der Waals surface area contributed by atoms with Crippen LogP contribution >= 0.6 is 11.3 Å². The second kappa shape index (κ2) is 10.2. The molecule has 1 heterocycles. The minimum Gasteiger partial charge on any atom is -0.493 e. The number of methoxy groups -OCH3 is 2. The minimum absolute atomic E-state index is 0.258. The third kappa shape index (κ3) is 5.45. The van der Waals surface area contributed by atoms with Gasteiger partial charge in [-0.1, -0.05) is 18.2 Å². The summed E-state index contributed by atoms with van der Waals surface area (Å²) >= 11 is 1.35. The van der Waals surface area contributed by atoms with Gasteiger partial charge in [0.05, 0.1) is 30.9 Å². The van der Waals surface area contributed by atoms with Crippen LogP contribution in [-0.4, -0.2) is 32.3 Å². The molecule has 3 rings (SSSR count). The number of amides is 1. The van der Waals surface area contributed by atoms with Gasteiger partial charge in [0.25, 0.3) is 5.91 Å². The average Bonchev–Trinajstić information content (AvgIpc) is 3.33. The van der Waals surface area contributed by atoms with Gasteiger partial charge < -0.3 is 14.2 Å². The number of nitrogens with one attached hydrogen (secondary N) is 1. The van der Waals surface area contributed by atoms with Crippen LogP contribution in [0.15, 0.2) is 65.1 Å². The summed E-state index contributed by atoms with van der Waals surface area (Å²) in [5.74, 6) is 0.461. The molecule has 30 heavy (non-hydrogen) atoms. The molecule has 0 unspecified atom stereocenters. The number of hydrogen-bond acceptors (Lipinski definition) is 7. The zero-order chi connectivity index (χ0) is 21.3. The fraction of sp³-hybridized carbons (Fsp3) is 0.136. The summed E-state index contributed by atoms with van der Waals surface area (Å²) in [6, 6.07) is 15.8. The van der Waals surface area contributed by atoms with Crippen molar-refractivity contribution in [2.24, 2.45) is 5.10 Å². The quantitative estimate of drug-likeness (QED) is 0.337. The van der Waals surface area contributed by atoms with E-state index >= 15 is 0 Å². The molecule has 3 aromatic rings. The summed E-state index contributed by atoms with van der Waals surface area (Å²) in [6.45, 7) is 0.308. The van der Waals surface area contributed by atoms with E-state index in [0.29, 0.717) is 28.5 Å². The van der Waals surface area contributed by atoms with Gasteiger partial charge in [-0.3, -0.25) is 4.79 Å². The number of carbonyl (C=O) groups is 2. The Hall–Kier alpha value is -3.65. The highest BCUT2D eigenvalue weighted by atomic mass is 32.1. The number of esters is 1. The molecule has 2 aromatic carbocycles. The van der Waals surface area contributed by atoms with Gasteiger partial charge >= 0.3 is 5.97 Å². The lowest BCUT2D eigenvalue weighted by molar-refractivity contribution is 0.0600. The summed E-state index contributed by atoms with van der Waals surface area (Å²) in [4.78, 5) is 24.0. The number of hydrazone groups is 1. The van der Waals surface area contributed by atoms with E-state index in [1.54, 1.807) is 61.7 Å². The van der Waals surface area contributed by atoms with E-state index in [4.69, 9.17) is 9.47 Å². The first-order valence-electron chi connectivity index (χ1n) is 8.95. The summed E-state index contributed by atoms with van der Waals surface area (Å²) in [5, 5.41) is 5.80. The summed E-state index contributed by atoms with van der Waals surface area (Å²) in [6.07, 6.45) is 1.53. The SMILES string of the molecule is COC(=O)c1ccc(COc2ccc(/C=N/NC(=O)c3cccs3)cc2OC)cc1. The first-order valence-corrected chi connectivity index (χ1v) is 9.83. The Kier molecular flexibility index (Phi) is 7.18. The molecule has 0 bridgehead atoms. The van der Waals surface area contributed by atoms with Crippen LogP contribution in [0.5, 0.6) is 11.5 Å². The van der Waals surface area contributed by atoms with Crippen molar-refractivity contribution in [1.29, 1.82) is 0 Å². The number of thiophene rings is 1. The first kappa shape index (κ1) is 21.1. The maximum absolute atomic E-state index is 11.9. The monoisotopic (exact) mass is 424 g/mol. The van der Waals surface area contributed by atoms with Gasteiger partial charge in [0.2, 0.25) is 0 Å². The van der Waals surface area contributed by atoms with Crippen LogP contribution in [0, 0.1) is 0 Å². The molecule has 0 fully saturated rings. The Morgan fingerprint density at radius 3 is 2.53 bits per heavy atom. The topological polar surface area (TPSA) is 86.2 Å². The Morgan fingerprint density at radius 2 is 1.87 bits per heavy atom. The molecule has 0 aliphatic rings. The summed E-state index contributed by atoms with van der Waals surface area (Å²) in [7, 11) is 2.89. The van der Waals surface area contributed by atoms with Gasteiger partial charge in [0.1, 0.15) is 6.61 Å². The van der Waals surface area contributed by atoms with Crippen molar-refractivity contribution in [3.05, 3.63) is 81.5 Å². The van der Waals surface area contributed by atoms with Crippen LogP contribution in [0.25, 0.3) is 0 Å². The molecule has 1 N–H and O–H groups in total. The van der Waals surface area contributed by atoms with E-state index in [1.807, 2.05) is 5.38 Å². The van der Waals surface area contributed by atoms with Crippen molar-refractivity contribution in [3.8, 4) is 11.5 Å². The fourth-order valence-electron chi connectivity index (χ4n) is 2.53. The van der Waals surface area contributed by atoms with Crippen LogP contribution < -0.4 is 14.9 Å². The van der Waals surface area contributed by atoms with Gasteiger partial charge in [-0.15, -0.1) is 11.3 Å². The number of rotatable bonds is 8. The first-order chi connectivity index (χ1) is 14.6. The number of benzene rings is 2. The lowest BCUT2D eigenvalue weighted by atomic mass is 10.1. The molecule has 0 aliphatic heterocycles. The molecule has 1 amide bonds. The van der Waals surface area contributed by atoms with Crippen LogP contribution in [0.3, 0.4) is 0 Å². The van der Waals surface area contributed by atoms with Gasteiger partial charge in [-0.25, -0.2) is 10.2 Å². The lowest BCUT2D eigenvalue weighted by Crippen LogP contribution is -2.16. The van der Waals surface area contributed by atoms with E-state index in [9.17, 15) is 9.59 Å². The molecule has 0 saturated carbocycles. The second-order valence-corrected chi connectivity index (χ2v) is 7.01. The fourth-order valence-corrected chi connectivity index (χ4v) is 3.14. The summed E-state index contributed by atoms with van der Waals surface area (Å²) < 4.78 is 15.9. The van der Waals surface area contributed by atoms with Crippen LogP contribution in [-0.2, 0) is 11.3 Å². The van der Waals surface area contributed by atoms with Crippen LogP contribution in [0.4, 0.5) is 0 Å². The predicted molar refractivity (Wildman–Crippen MR) is 114 cm³/mol. The molecule has 0 atom stereocenters. The van der Waals surface area contributed by atoms with E-state index in [0.717, 1.165) is 11.1 Å². The van der Waals surface area contributed by atoms with Crippen molar-refractivity contribution in [1.82, 2.24) is 5.43 Å². The van der Waals surface area contributed by atoms with E-state index in [-0.39, 0.29) is 11.9 Å². The third-order valence-electron chi connectivity index (χ3n) is 4.08. The molecule has 1 aromatic heterocycles. The Bertz CT molecular complexity index is 1030. The van der Waals surface area contributed by atoms with Crippen molar-refractivity contribution in [3.63, 3.8) is 0 Å². The van der Waals surface area contributed by atoms with Gasteiger partial charge in [0.15, 0.2) is 11.5 Å². The normalized spacial score (nSPS) is 10.6. The molecule has 0 radical (unpaired) electrons. The number of carbonyl (C=O) groups excluding carboxylic acids is 2. The van der Waals surface area contributed by atoms with Crippen LogP contribution in [0.1, 0.15) is 31.2 Å². The lowest BCUT2D eigenvalue weighted by Gasteiger charge is -2.11. The highest BCUT2D eigenvalue weighted by molar-refractivity contribution is 7.12. The standard InChI is InChI=1S/C22H20N2O5S/c1-27-19-12-16(13-23-24-21(25)20-4-3-11-30-20)7-10-18(19)29-14-15-5-8-17(9-6-15)22(26)28-2/h3-13H,14H2,1-2H3,(H,24,25)/b23-13+. The van der Waals surface area contributed by atoms with E-state index < -0.39 is 0 Å². The number of ether oxygens (including phenoxy) is 3. The Balaban J connectivity index is 1.60. The van der Waals surface area contributed by atoms with E-state index in [2.05, 4.69) is 15.3 Å². The molecular formula is C22H20N2O5S. The predicted octanol–water partition coefficient (Wildman–Crippen LogP) is 3.89. The molecule has 8 heteroatoms. The van der Waals surface area contributed by atoms with E-state index in [1.165, 1.54) is 24.7 Å². The van der Waals surface area contributed by atoms with Gasteiger partial charge in [-0.2, -0.15) is 5.10 Å². The van der Waals surface area contributed by atoms with Crippen molar-refractivity contribution in [2.45, 2.75) is 6.61 Å². The van der Waals surface area contributed by atoms with Gasteiger partial charge in [0, 0.05) is 0 Å². The van der Waals surface area contributed by atoms with Gasteiger partial charge in [-0.05, 0) is 52.9 Å². The Morgan fingerprint density at radius 1 is 1.07 bits per heavy atom. The number of nitrogens with zero attached hydrogens (tertiary/aromatic N) is 1. The smallest absolute Gasteiger partial charge is 0.337 e. The molecule has 0 saturated heterocycles. The van der Waals surface area contributed by atoms with Crippen LogP contribution in [0.2, 0.25) is 0 Å². The highest BCUT2D eigenvalue weighted by Gasteiger charge is 2.08. The maximum atomic E-state index is 11.9. The minimum atomic E-state index is -0.382. The molecular weight excluding hydrogens is 404 g/mol. The zero-order valence-electron chi connectivity index (χ0n) is 16.5. The maximum Gasteiger partial charge on any atom is 0.337 e. The third-order valence-corrected chi connectivity index (χ3v) is 4.95. The molecule has 7 nitrogen and oxygen atoms in total. The molecule has 154 valence electrons. The van der Waals surface area contributed by atoms with Crippen molar-refractivity contribution in [2.75, 3.05) is 14.2 Å². The van der Waals surface area contributed by atoms with Crippen molar-refractivity contribution < 1.29 is 23.8 Å².